The molecule has 8 rings (SSSR count). The molecule has 6 aliphatic rings. The molecule has 0 N–H and O–H groups in total. The molecule has 0 bridgehead atoms. The zero-order valence-electron chi connectivity index (χ0n) is 56.8. The molecule has 11 nitrogen and oxygen atoms in total. The van der Waals surface area contributed by atoms with Crippen molar-refractivity contribution >= 4 is 29.8 Å². The number of esters is 5. The predicted molar refractivity (Wildman–Crippen MR) is 371 cm³/mol. The first-order valence-corrected chi connectivity index (χ1v) is 35.8. The van der Waals surface area contributed by atoms with Crippen LogP contribution in [0.4, 0.5) is 0 Å². The first kappa shape index (κ1) is 77.9. The van der Waals surface area contributed by atoms with Crippen LogP contribution in [0.2, 0.25) is 0 Å². The summed E-state index contributed by atoms with van der Waals surface area (Å²) in [7, 11) is 1.62. The summed E-state index contributed by atoms with van der Waals surface area (Å²) in [5, 5.41) is 0. The summed E-state index contributed by atoms with van der Waals surface area (Å²) in [6.07, 6.45) is 66.0. The van der Waals surface area contributed by atoms with Crippen molar-refractivity contribution < 1.29 is 52.4 Å². The topological polar surface area (TPSA) is 141 Å². The van der Waals surface area contributed by atoms with Gasteiger partial charge in [-0.15, -0.1) is 56.8 Å². The van der Waals surface area contributed by atoms with Crippen molar-refractivity contribution in [1.29, 1.82) is 0 Å². The number of aryl methyl sites for hydroxylation is 1. The van der Waals surface area contributed by atoms with E-state index in [-0.39, 0.29) is 89.5 Å². The molecule has 0 radical (unpaired) electrons. The van der Waals surface area contributed by atoms with Crippen molar-refractivity contribution in [3.63, 3.8) is 0 Å². The standard InChI is InChI=1S/C20H28O2.C17H28O2.C17H26O2.C15H16O3.C12H18O2/c1-2-3-4-5-6-7-11-14-18-19(22-20(18)21)16-15-17-12-9-8-10-13-17;1-2-3-4-5-6-7-9-12-15-16(18)19-17(15)13-10-8-11-14-17;1-3-5-7-8-9-10-12-13-15-16(19-17(15)18)14-11-6-4-2;1-3-4-5-6-13-14(15(16)18-13)11-7-9-12(17-2)10-8-11;1-3-5-7-9-11-10(8-6-4-2)12(13)14-11/h2,8-10,12-13,18-19H,1,3-7,11,14-16H2;2,15H,1,3-14H2;2-3,15-16H,1,5-14H2;1,7-10,13-14H,4-6H2,2H3;1,10-11H,4-9H2,2H3. The number of benzene rings is 2. The highest BCUT2D eigenvalue weighted by atomic mass is 16.6. The summed E-state index contributed by atoms with van der Waals surface area (Å²) in [6, 6.07) is 18.0. The number of cyclic esters (lactones) is 4. The minimum atomic E-state index is -0.147. The third-order valence-corrected chi connectivity index (χ3v) is 19.0. The van der Waals surface area contributed by atoms with Crippen molar-refractivity contribution in [2.45, 2.75) is 300 Å². The number of terminal acetylenes is 3. The van der Waals surface area contributed by atoms with Gasteiger partial charge in [-0.2, -0.15) is 0 Å². The highest BCUT2D eigenvalue weighted by Gasteiger charge is 2.55. The first-order chi connectivity index (χ1) is 44.9. The Balaban J connectivity index is 0.000000247. The molecule has 9 atom stereocenters. The second-order valence-corrected chi connectivity index (χ2v) is 25.9. The number of methoxy groups -OCH3 is 1. The molecule has 2 aromatic carbocycles. The molecule has 5 heterocycles. The van der Waals surface area contributed by atoms with Crippen molar-refractivity contribution in [2.24, 2.45) is 23.7 Å². The van der Waals surface area contributed by atoms with E-state index in [2.05, 4.69) is 68.7 Å². The van der Waals surface area contributed by atoms with Gasteiger partial charge in [-0.1, -0.05) is 164 Å². The van der Waals surface area contributed by atoms with E-state index >= 15 is 0 Å². The van der Waals surface area contributed by atoms with Crippen LogP contribution in [-0.4, -0.2) is 67.0 Å². The number of carbonyl (C=O) groups excluding carboxylic acids is 5. The summed E-state index contributed by atoms with van der Waals surface area (Å²) < 4.78 is 31.4. The highest BCUT2D eigenvalue weighted by Crippen LogP contribution is 2.48. The maximum absolute atomic E-state index is 11.7. The largest absolute Gasteiger partial charge is 0.497 e. The van der Waals surface area contributed by atoms with Gasteiger partial charge in [-0.3, -0.25) is 24.0 Å². The molecular weight excluding hydrogens is 1150 g/mol. The quantitative estimate of drug-likeness (QED) is 0.0207. The summed E-state index contributed by atoms with van der Waals surface area (Å²) in [6.45, 7) is 13.3. The van der Waals surface area contributed by atoms with Crippen LogP contribution in [0.15, 0.2) is 92.6 Å². The van der Waals surface area contributed by atoms with Gasteiger partial charge in [0.25, 0.3) is 0 Å². The van der Waals surface area contributed by atoms with Crippen molar-refractivity contribution in [2.75, 3.05) is 7.11 Å². The molecule has 5 saturated heterocycles. The lowest BCUT2D eigenvalue weighted by molar-refractivity contribution is -0.221. The van der Waals surface area contributed by atoms with E-state index in [9.17, 15) is 24.0 Å². The van der Waals surface area contributed by atoms with Crippen LogP contribution in [0.5, 0.6) is 5.75 Å². The summed E-state index contributed by atoms with van der Waals surface area (Å²) >= 11 is 0. The van der Waals surface area contributed by atoms with E-state index in [0.29, 0.717) is 0 Å². The summed E-state index contributed by atoms with van der Waals surface area (Å²) in [5.41, 5.74) is 2.28. The Labute approximate surface area is 556 Å². The molecule has 1 aliphatic carbocycles. The average Bonchev–Trinajstić information content (AvgIpc) is 0.771. The van der Waals surface area contributed by atoms with Gasteiger partial charge in [-0.05, 0) is 165 Å². The fourth-order valence-electron chi connectivity index (χ4n) is 13.3. The van der Waals surface area contributed by atoms with Gasteiger partial charge in [0, 0.05) is 19.3 Å². The van der Waals surface area contributed by atoms with Gasteiger partial charge in [-0.25, -0.2) is 0 Å². The molecule has 6 fully saturated rings. The van der Waals surface area contributed by atoms with Crippen LogP contribution < -0.4 is 4.74 Å². The molecule has 1 spiro atoms. The molecule has 9 unspecified atom stereocenters. The Bertz CT molecular complexity index is 2560. The second kappa shape index (κ2) is 47.4. The van der Waals surface area contributed by atoms with Crippen LogP contribution in [0.1, 0.15) is 274 Å². The predicted octanol–water partition coefficient (Wildman–Crippen LogP) is 19.1. The summed E-state index contributed by atoms with van der Waals surface area (Å²) in [4.78, 5) is 57.4. The highest BCUT2D eigenvalue weighted by molar-refractivity contribution is 5.84. The first-order valence-electron chi connectivity index (χ1n) is 35.8. The number of carbonyl (C=O) groups is 5. The van der Waals surface area contributed by atoms with E-state index in [4.69, 9.17) is 47.7 Å². The number of allylic oxidation sites excluding steroid dienone is 3. The summed E-state index contributed by atoms with van der Waals surface area (Å²) in [5.74, 6) is 9.08. The molecule has 0 amide bonds. The van der Waals surface area contributed by atoms with Crippen LogP contribution in [0, 0.1) is 60.7 Å². The maximum atomic E-state index is 11.7. The molecule has 2 aromatic rings. The molecule has 92 heavy (non-hydrogen) atoms. The van der Waals surface area contributed by atoms with Gasteiger partial charge in [0.15, 0.2) is 0 Å². The Morgan fingerprint density at radius 2 is 0.880 bits per heavy atom. The van der Waals surface area contributed by atoms with Gasteiger partial charge in [0.1, 0.15) is 41.7 Å². The molecule has 506 valence electrons. The van der Waals surface area contributed by atoms with Gasteiger partial charge in [0.05, 0.1) is 30.8 Å². The maximum Gasteiger partial charge on any atom is 0.317 e. The lowest BCUT2D eigenvalue weighted by Crippen LogP contribution is -2.58. The third-order valence-electron chi connectivity index (χ3n) is 19.0. The van der Waals surface area contributed by atoms with Gasteiger partial charge < -0.3 is 28.4 Å². The fourth-order valence-corrected chi connectivity index (χ4v) is 13.3. The van der Waals surface area contributed by atoms with Crippen LogP contribution >= 0.6 is 0 Å². The van der Waals surface area contributed by atoms with Crippen LogP contribution in [-0.2, 0) is 54.1 Å². The average molecular weight is 1270 g/mol. The van der Waals surface area contributed by atoms with Crippen molar-refractivity contribution in [3.8, 4) is 42.8 Å². The zero-order chi connectivity index (χ0) is 66.4. The molecule has 11 heteroatoms. The number of ether oxygens (including phenoxy) is 6. The fraction of sp³-hybridized carbons (Fsp3) is 0.642. The number of hydrogen-bond donors (Lipinski definition) is 0. The van der Waals surface area contributed by atoms with E-state index in [0.717, 1.165) is 165 Å². The monoisotopic (exact) mass is 1260 g/mol. The van der Waals surface area contributed by atoms with Crippen molar-refractivity contribution in [1.82, 2.24) is 0 Å². The second-order valence-electron chi connectivity index (χ2n) is 25.9. The van der Waals surface area contributed by atoms with Gasteiger partial charge >= 0.3 is 29.8 Å². The van der Waals surface area contributed by atoms with Gasteiger partial charge in [0.2, 0.25) is 0 Å². The van der Waals surface area contributed by atoms with Crippen molar-refractivity contribution in [3.05, 3.63) is 104 Å². The Kier molecular flexibility index (Phi) is 40.1. The van der Waals surface area contributed by atoms with E-state index in [1.54, 1.807) is 7.11 Å². The number of rotatable bonds is 41. The number of unbranched alkanes of at least 4 members (excludes halogenated alkanes) is 19. The normalized spacial score (nSPS) is 22.4. The van der Waals surface area contributed by atoms with Crippen LogP contribution in [0.3, 0.4) is 0 Å². The number of hydrogen-bond acceptors (Lipinski definition) is 11. The van der Waals surface area contributed by atoms with E-state index in [1.165, 1.54) is 108 Å². The third kappa shape index (κ3) is 28.4. The molecule has 0 aromatic heterocycles. The van der Waals surface area contributed by atoms with E-state index in [1.807, 2.05) is 48.6 Å². The zero-order valence-corrected chi connectivity index (χ0v) is 56.8. The SMILES string of the molecule is C#CCCCC1OC(=O)C1CCCC.C#CCCCC1OC(=O)C1CCCCCCCC=C.C#CCCCC1OC(=O)C1c1ccc(OC)cc1.C=CCCCCCCCC1C(=O)OC12CCCCC2.C=CCCCCCCCC1C(=O)OC1CCc1ccccc1. The Hall–Kier alpha value is -6.51. The Morgan fingerprint density at radius 3 is 1.29 bits per heavy atom. The minimum Gasteiger partial charge on any atom is -0.497 e. The molecule has 5 aliphatic heterocycles. The smallest absolute Gasteiger partial charge is 0.317 e. The van der Waals surface area contributed by atoms with Crippen LogP contribution in [0.25, 0.3) is 0 Å². The lowest BCUT2D eigenvalue weighted by atomic mass is 9.70. The van der Waals surface area contributed by atoms with E-state index < -0.39 is 0 Å². The Morgan fingerprint density at radius 1 is 0.467 bits per heavy atom. The molecular formula is C81H116O11. The lowest BCUT2D eigenvalue weighted by Gasteiger charge is -2.50. The minimum absolute atomic E-state index is 0.00244. The molecule has 1 saturated carbocycles.